The number of benzene rings is 1. The second kappa shape index (κ2) is 9.12. The first kappa shape index (κ1) is 18.9. The average molecular weight is 342 g/mol. The third-order valence-electron chi connectivity index (χ3n) is 3.89. The highest BCUT2D eigenvalue weighted by atomic mass is 16.5. The Morgan fingerprint density at radius 2 is 2.00 bits per heavy atom. The van der Waals surface area contributed by atoms with E-state index >= 15 is 0 Å². The molecule has 0 aromatic heterocycles. The Balaban J connectivity index is 2.23. The summed E-state index contributed by atoms with van der Waals surface area (Å²) in [7, 11) is 0. The van der Waals surface area contributed by atoms with Crippen molar-refractivity contribution in [1.29, 1.82) is 5.26 Å². The fourth-order valence-electron chi connectivity index (χ4n) is 2.66. The van der Waals surface area contributed by atoms with Crippen molar-refractivity contribution < 1.29 is 14.3 Å². The largest absolute Gasteiger partial charge is 0.490 e. The van der Waals surface area contributed by atoms with Gasteiger partial charge in [0.15, 0.2) is 11.5 Å². The summed E-state index contributed by atoms with van der Waals surface area (Å²) in [6, 6.07) is 7.51. The molecule has 5 heteroatoms. The zero-order chi connectivity index (χ0) is 18.2. The normalized spacial score (nSPS) is 14.5. The molecular formula is C20H26N2O3. The van der Waals surface area contributed by atoms with E-state index in [9.17, 15) is 10.1 Å². The number of carbonyl (C=O) groups is 1. The van der Waals surface area contributed by atoms with E-state index in [0.29, 0.717) is 30.6 Å². The van der Waals surface area contributed by atoms with Crippen LogP contribution in [0.2, 0.25) is 0 Å². The highest BCUT2D eigenvalue weighted by Crippen LogP contribution is 2.30. The molecule has 134 valence electrons. The Hall–Kier alpha value is -2.48. The summed E-state index contributed by atoms with van der Waals surface area (Å²) in [6.45, 7) is 8.65. The second-order valence-electron chi connectivity index (χ2n) is 6.51. The Labute approximate surface area is 149 Å². The topological polar surface area (TPSA) is 62.6 Å². The van der Waals surface area contributed by atoms with Crippen molar-refractivity contribution in [2.75, 3.05) is 26.3 Å². The third-order valence-corrected chi connectivity index (χ3v) is 3.89. The number of likely N-dealkylation sites (tertiary alicyclic amines) is 1. The van der Waals surface area contributed by atoms with Gasteiger partial charge in [0.2, 0.25) is 0 Å². The van der Waals surface area contributed by atoms with E-state index in [1.54, 1.807) is 11.0 Å². The summed E-state index contributed by atoms with van der Waals surface area (Å²) in [6.07, 6.45) is 3.62. The van der Waals surface area contributed by atoms with Gasteiger partial charge in [-0.2, -0.15) is 5.26 Å². The minimum Gasteiger partial charge on any atom is -0.490 e. The van der Waals surface area contributed by atoms with Gasteiger partial charge in [-0.25, -0.2) is 0 Å². The summed E-state index contributed by atoms with van der Waals surface area (Å²) < 4.78 is 11.4. The first-order valence-corrected chi connectivity index (χ1v) is 8.85. The summed E-state index contributed by atoms with van der Waals surface area (Å²) in [5.41, 5.74) is 0.907. The molecule has 5 nitrogen and oxygen atoms in total. The first-order valence-electron chi connectivity index (χ1n) is 8.85. The summed E-state index contributed by atoms with van der Waals surface area (Å²) in [5.74, 6) is 1.52. The molecule has 0 bridgehead atoms. The van der Waals surface area contributed by atoms with Crippen LogP contribution in [0.3, 0.4) is 0 Å². The predicted octanol–water partition coefficient (Wildman–Crippen LogP) is 3.65. The van der Waals surface area contributed by atoms with Gasteiger partial charge in [-0.15, -0.1) is 0 Å². The molecule has 0 spiro atoms. The molecule has 1 amide bonds. The first-order chi connectivity index (χ1) is 12.0. The van der Waals surface area contributed by atoms with E-state index in [4.69, 9.17) is 9.47 Å². The van der Waals surface area contributed by atoms with E-state index in [2.05, 4.69) is 13.8 Å². The van der Waals surface area contributed by atoms with Crippen LogP contribution in [0.5, 0.6) is 11.5 Å². The lowest BCUT2D eigenvalue weighted by molar-refractivity contribution is -0.125. The minimum absolute atomic E-state index is 0.153. The molecular weight excluding hydrogens is 316 g/mol. The van der Waals surface area contributed by atoms with E-state index in [0.717, 1.165) is 31.5 Å². The molecule has 1 aliphatic heterocycles. The lowest BCUT2D eigenvalue weighted by atomic mass is 10.1. The quantitative estimate of drug-likeness (QED) is 0.560. The molecule has 0 atom stereocenters. The van der Waals surface area contributed by atoms with Gasteiger partial charge in [0.25, 0.3) is 5.91 Å². The van der Waals surface area contributed by atoms with Crippen LogP contribution in [0, 0.1) is 17.2 Å². The van der Waals surface area contributed by atoms with Crippen LogP contribution in [-0.2, 0) is 4.79 Å². The van der Waals surface area contributed by atoms with Crippen LogP contribution in [0.25, 0.3) is 6.08 Å². The fourth-order valence-corrected chi connectivity index (χ4v) is 2.66. The van der Waals surface area contributed by atoms with Crippen molar-refractivity contribution in [3.05, 3.63) is 29.3 Å². The van der Waals surface area contributed by atoms with Crippen molar-refractivity contribution in [3.63, 3.8) is 0 Å². The number of nitrogens with zero attached hydrogens (tertiary/aromatic N) is 2. The highest BCUT2D eigenvalue weighted by Gasteiger charge is 2.21. The van der Waals surface area contributed by atoms with Crippen LogP contribution in [-0.4, -0.2) is 37.1 Å². The molecule has 1 aliphatic rings. The number of rotatable bonds is 7. The van der Waals surface area contributed by atoms with E-state index in [1.165, 1.54) is 0 Å². The maximum absolute atomic E-state index is 12.4. The van der Waals surface area contributed by atoms with E-state index < -0.39 is 0 Å². The van der Waals surface area contributed by atoms with Crippen molar-refractivity contribution in [2.24, 2.45) is 5.92 Å². The molecule has 1 aromatic rings. The summed E-state index contributed by atoms with van der Waals surface area (Å²) in [4.78, 5) is 14.1. The summed E-state index contributed by atoms with van der Waals surface area (Å²) in [5, 5.41) is 9.37. The zero-order valence-electron chi connectivity index (χ0n) is 15.2. The fraction of sp³-hybridized carbons (Fsp3) is 0.500. The van der Waals surface area contributed by atoms with E-state index in [1.807, 2.05) is 31.2 Å². The summed E-state index contributed by atoms with van der Waals surface area (Å²) >= 11 is 0. The zero-order valence-corrected chi connectivity index (χ0v) is 15.2. The van der Waals surface area contributed by atoms with Crippen LogP contribution in [0.4, 0.5) is 0 Å². The predicted molar refractivity (Wildman–Crippen MR) is 97.3 cm³/mol. The Morgan fingerprint density at radius 3 is 2.60 bits per heavy atom. The molecule has 1 aromatic carbocycles. The van der Waals surface area contributed by atoms with Gasteiger partial charge >= 0.3 is 0 Å². The number of hydrogen-bond acceptors (Lipinski definition) is 4. The molecule has 1 heterocycles. The highest BCUT2D eigenvalue weighted by molar-refractivity contribution is 6.01. The van der Waals surface area contributed by atoms with Gasteiger partial charge in [-0.3, -0.25) is 4.79 Å². The third kappa shape index (κ3) is 5.25. The number of hydrogen-bond donors (Lipinski definition) is 0. The molecule has 0 saturated carbocycles. The van der Waals surface area contributed by atoms with Crippen LogP contribution < -0.4 is 9.47 Å². The average Bonchev–Trinajstić information content (AvgIpc) is 3.13. The smallest absolute Gasteiger partial charge is 0.264 e. The van der Waals surface area contributed by atoms with Gasteiger partial charge < -0.3 is 14.4 Å². The van der Waals surface area contributed by atoms with Crippen LogP contribution in [0.1, 0.15) is 39.2 Å². The van der Waals surface area contributed by atoms with Crippen molar-refractivity contribution in [2.45, 2.75) is 33.6 Å². The Bertz CT molecular complexity index is 668. The number of nitriles is 1. The molecule has 0 unspecified atom stereocenters. The molecule has 2 rings (SSSR count). The maximum Gasteiger partial charge on any atom is 0.264 e. The molecule has 0 N–H and O–H groups in total. The lowest BCUT2D eigenvalue weighted by Crippen LogP contribution is -2.28. The van der Waals surface area contributed by atoms with Crippen molar-refractivity contribution in [1.82, 2.24) is 4.90 Å². The Kier molecular flexibility index (Phi) is 6.88. The number of amides is 1. The molecule has 1 fully saturated rings. The maximum atomic E-state index is 12.4. The second-order valence-corrected chi connectivity index (χ2v) is 6.51. The van der Waals surface area contributed by atoms with Crippen molar-refractivity contribution in [3.8, 4) is 17.6 Å². The molecule has 0 radical (unpaired) electrons. The number of carbonyl (C=O) groups excluding carboxylic acids is 1. The standard InChI is InChI=1S/C20H26N2O3/c1-4-24-19-12-16(7-8-18(19)25-14-15(2)3)11-17(13-21)20(23)22-9-5-6-10-22/h7-8,11-12,15H,4-6,9-10,14H2,1-3H3/b17-11+. The van der Waals surface area contributed by atoms with Gasteiger partial charge in [-0.05, 0) is 49.5 Å². The van der Waals surface area contributed by atoms with Crippen molar-refractivity contribution >= 4 is 12.0 Å². The molecule has 25 heavy (non-hydrogen) atoms. The van der Waals surface area contributed by atoms with Crippen LogP contribution >= 0.6 is 0 Å². The molecule has 0 aliphatic carbocycles. The SMILES string of the molecule is CCOc1cc(/C=C(\C#N)C(=O)N2CCCC2)ccc1OCC(C)C. The lowest BCUT2D eigenvalue weighted by Gasteiger charge is -2.15. The molecule has 1 saturated heterocycles. The van der Waals surface area contributed by atoms with Gasteiger partial charge in [-0.1, -0.05) is 19.9 Å². The Morgan fingerprint density at radius 1 is 1.28 bits per heavy atom. The number of ether oxygens (including phenoxy) is 2. The monoisotopic (exact) mass is 342 g/mol. The van der Waals surface area contributed by atoms with Gasteiger partial charge in [0, 0.05) is 13.1 Å². The van der Waals surface area contributed by atoms with Crippen LogP contribution in [0.15, 0.2) is 23.8 Å². The minimum atomic E-state index is -0.196. The van der Waals surface area contributed by atoms with Gasteiger partial charge in [0.1, 0.15) is 11.6 Å². The van der Waals surface area contributed by atoms with E-state index in [-0.39, 0.29) is 11.5 Å². The van der Waals surface area contributed by atoms with Gasteiger partial charge in [0.05, 0.1) is 13.2 Å².